The quantitative estimate of drug-likeness (QED) is 0.860. The van der Waals surface area contributed by atoms with Gasteiger partial charge in [-0.05, 0) is 18.8 Å². The van der Waals surface area contributed by atoms with Crippen LogP contribution in [0.2, 0.25) is 0 Å². The van der Waals surface area contributed by atoms with Crippen LogP contribution in [0, 0.1) is 5.92 Å². The lowest BCUT2D eigenvalue weighted by Gasteiger charge is -2.20. The minimum Gasteiger partial charge on any atom is -0.285 e. The second-order valence-electron chi connectivity index (χ2n) is 5.89. The lowest BCUT2D eigenvalue weighted by molar-refractivity contribution is 0.409. The van der Waals surface area contributed by atoms with Crippen LogP contribution >= 0.6 is 0 Å². The van der Waals surface area contributed by atoms with Crippen LogP contribution in [0.4, 0.5) is 0 Å². The summed E-state index contributed by atoms with van der Waals surface area (Å²) in [6.07, 6.45) is 8.48. The van der Waals surface area contributed by atoms with Crippen LogP contribution in [0.15, 0.2) is 24.8 Å². The van der Waals surface area contributed by atoms with Crippen LogP contribution in [-0.2, 0) is 16.6 Å². The van der Waals surface area contributed by atoms with Gasteiger partial charge < -0.3 is 0 Å². The van der Waals surface area contributed by atoms with Crippen molar-refractivity contribution in [1.82, 2.24) is 28.8 Å². The maximum Gasteiger partial charge on any atom is 0.281 e. The molecule has 8 nitrogen and oxygen atoms in total. The normalized spacial score (nSPS) is 19.5. The summed E-state index contributed by atoms with van der Waals surface area (Å²) >= 11 is 0. The molecule has 9 heteroatoms. The number of rotatable bonds is 5. The number of aromatic nitrogens is 4. The fraction of sp³-hybridized carbons (Fsp3) is 0.500. The molecule has 3 rings (SSSR count). The van der Waals surface area contributed by atoms with E-state index in [1.54, 1.807) is 38.9 Å². The minimum absolute atomic E-state index is 0.263. The summed E-state index contributed by atoms with van der Waals surface area (Å²) in [5, 5.41) is 6.67. The zero-order valence-corrected chi connectivity index (χ0v) is 14.0. The molecule has 0 spiro atoms. The summed E-state index contributed by atoms with van der Waals surface area (Å²) in [6.45, 7) is 1.08. The maximum absolute atomic E-state index is 12.2. The van der Waals surface area contributed by atoms with Gasteiger partial charge in [0.1, 0.15) is 0 Å². The lowest BCUT2D eigenvalue weighted by Crippen LogP contribution is -2.38. The third-order valence-electron chi connectivity index (χ3n) is 4.01. The van der Waals surface area contributed by atoms with E-state index < -0.39 is 10.2 Å². The third kappa shape index (κ3) is 3.41. The summed E-state index contributed by atoms with van der Waals surface area (Å²) in [4.78, 5) is 8.83. The van der Waals surface area contributed by atoms with E-state index in [0.717, 1.165) is 29.8 Å². The first-order valence-electron chi connectivity index (χ1n) is 7.44. The lowest BCUT2D eigenvalue weighted by atomic mass is 10.0. The van der Waals surface area contributed by atoms with Crippen LogP contribution in [0.25, 0.3) is 11.3 Å². The molecule has 1 N–H and O–H groups in total. The fourth-order valence-electron chi connectivity index (χ4n) is 2.73. The summed E-state index contributed by atoms with van der Waals surface area (Å²) in [6, 6.07) is 0. The van der Waals surface area contributed by atoms with Crippen molar-refractivity contribution >= 4 is 10.2 Å². The molecular weight excluding hydrogens is 316 g/mol. The molecule has 2 aromatic rings. The van der Waals surface area contributed by atoms with Gasteiger partial charge in [-0.1, -0.05) is 0 Å². The Morgan fingerprint density at radius 1 is 1.35 bits per heavy atom. The molecule has 0 amide bonds. The Balaban J connectivity index is 1.68. The van der Waals surface area contributed by atoms with Crippen molar-refractivity contribution in [3.05, 3.63) is 30.5 Å². The SMILES string of the molecule is CN(C)S(=O)(=O)N1CC[C@H](Cc2cncc(-c3cn[nH]c3)n2)C1. The molecule has 1 aliphatic heterocycles. The van der Waals surface area contributed by atoms with E-state index in [-0.39, 0.29) is 5.92 Å². The minimum atomic E-state index is -3.33. The Kier molecular flexibility index (Phi) is 4.42. The highest BCUT2D eigenvalue weighted by atomic mass is 32.2. The van der Waals surface area contributed by atoms with Crippen molar-refractivity contribution in [2.24, 2.45) is 5.92 Å². The fourth-order valence-corrected chi connectivity index (χ4v) is 3.93. The van der Waals surface area contributed by atoms with Gasteiger partial charge in [-0.2, -0.15) is 22.1 Å². The van der Waals surface area contributed by atoms with Gasteiger partial charge in [0.15, 0.2) is 0 Å². The highest BCUT2D eigenvalue weighted by Gasteiger charge is 2.32. The van der Waals surface area contributed by atoms with Gasteiger partial charge in [0.25, 0.3) is 10.2 Å². The van der Waals surface area contributed by atoms with Crippen molar-refractivity contribution in [1.29, 1.82) is 0 Å². The highest BCUT2D eigenvalue weighted by Crippen LogP contribution is 2.24. The molecule has 0 aliphatic carbocycles. The summed E-state index contributed by atoms with van der Waals surface area (Å²) in [7, 11) is -0.211. The topological polar surface area (TPSA) is 95.1 Å². The molecule has 1 fully saturated rings. The number of aromatic amines is 1. The molecule has 0 radical (unpaired) electrons. The van der Waals surface area contributed by atoms with Gasteiger partial charge in [-0.25, -0.2) is 4.98 Å². The molecule has 1 atom stereocenters. The summed E-state index contributed by atoms with van der Waals surface area (Å²) in [5.74, 6) is 0.263. The molecule has 0 aromatic carbocycles. The van der Waals surface area contributed by atoms with Crippen molar-refractivity contribution in [2.45, 2.75) is 12.8 Å². The maximum atomic E-state index is 12.2. The molecule has 1 aliphatic rings. The monoisotopic (exact) mass is 336 g/mol. The van der Waals surface area contributed by atoms with E-state index in [0.29, 0.717) is 13.1 Å². The Bertz CT molecular complexity index is 759. The van der Waals surface area contributed by atoms with E-state index in [9.17, 15) is 8.42 Å². The molecular formula is C14H20N6O2S. The largest absolute Gasteiger partial charge is 0.285 e. The van der Waals surface area contributed by atoms with Gasteiger partial charge in [-0.3, -0.25) is 10.1 Å². The Morgan fingerprint density at radius 3 is 2.87 bits per heavy atom. The van der Waals surface area contributed by atoms with Crippen molar-refractivity contribution in [2.75, 3.05) is 27.2 Å². The first kappa shape index (κ1) is 16.0. The second-order valence-corrected chi connectivity index (χ2v) is 8.03. The van der Waals surface area contributed by atoms with E-state index in [4.69, 9.17) is 0 Å². The average molecular weight is 336 g/mol. The van der Waals surface area contributed by atoms with Gasteiger partial charge >= 0.3 is 0 Å². The average Bonchev–Trinajstić information content (AvgIpc) is 3.19. The first-order chi connectivity index (χ1) is 11.0. The van der Waals surface area contributed by atoms with Crippen molar-refractivity contribution in [3.63, 3.8) is 0 Å². The number of H-pyrrole nitrogens is 1. The number of hydrogen-bond donors (Lipinski definition) is 1. The Morgan fingerprint density at radius 2 is 2.17 bits per heavy atom. The molecule has 2 aromatic heterocycles. The van der Waals surface area contributed by atoms with Gasteiger partial charge in [0, 0.05) is 45.1 Å². The Hall–Kier alpha value is -1.84. The number of nitrogens with one attached hydrogen (secondary N) is 1. The predicted octanol–water partition coefficient (Wildman–Crippen LogP) is 0.538. The summed E-state index contributed by atoms with van der Waals surface area (Å²) in [5.41, 5.74) is 2.53. The van der Waals surface area contributed by atoms with Crippen LogP contribution in [0.1, 0.15) is 12.1 Å². The van der Waals surface area contributed by atoms with Crippen molar-refractivity contribution in [3.8, 4) is 11.3 Å². The highest BCUT2D eigenvalue weighted by molar-refractivity contribution is 7.86. The smallest absolute Gasteiger partial charge is 0.281 e. The van der Waals surface area contributed by atoms with E-state index >= 15 is 0 Å². The van der Waals surface area contributed by atoms with E-state index in [1.807, 2.05) is 0 Å². The number of hydrogen-bond acceptors (Lipinski definition) is 5. The third-order valence-corrected chi connectivity index (χ3v) is 5.92. The molecule has 0 saturated carbocycles. The second kappa shape index (κ2) is 6.34. The molecule has 0 bridgehead atoms. The van der Waals surface area contributed by atoms with E-state index in [2.05, 4.69) is 20.2 Å². The molecule has 3 heterocycles. The number of nitrogens with zero attached hydrogens (tertiary/aromatic N) is 5. The summed E-state index contributed by atoms with van der Waals surface area (Å²) < 4.78 is 27.1. The van der Waals surface area contributed by atoms with Crippen LogP contribution in [0.3, 0.4) is 0 Å². The predicted molar refractivity (Wildman–Crippen MR) is 85.6 cm³/mol. The Labute approximate surface area is 135 Å². The zero-order chi connectivity index (χ0) is 16.4. The van der Waals surface area contributed by atoms with Gasteiger partial charge in [0.05, 0.1) is 23.8 Å². The van der Waals surface area contributed by atoms with Crippen LogP contribution in [-0.4, -0.2) is 64.4 Å². The first-order valence-corrected chi connectivity index (χ1v) is 8.84. The molecule has 23 heavy (non-hydrogen) atoms. The molecule has 1 saturated heterocycles. The van der Waals surface area contributed by atoms with Crippen LogP contribution in [0.5, 0.6) is 0 Å². The zero-order valence-electron chi connectivity index (χ0n) is 13.2. The van der Waals surface area contributed by atoms with Gasteiger partial charge in [-0.15, -0.1) is 0 Å². The standard InChI is InChI=1S/C14H20N6O2S/c1-19(2)23(21,22)20-4-3-11(10-20)5-13-8-15-9-14(18-13)12-6-16-17-7-12/h6-9,11H,3-5,10H2,1-2H3,(H,16,17)/t11-/m1/s1. The molecule has 124 valence electrons. The van der Waals surface area contributed by atoms with E-state index in [1.165, 1.54) is 8.61 Å². The van der Waals surface area contributed by atoms with Gasteiger partial charge in [0.2, 0.25) is 0 Å². The van der Waals surface area contributed by atoms with Crippen molar-refractivity contribution < 1.29 is 8.42 Å². The molecule has 0 unspecified atom stereocenters. The van der Waals surface area contributed by atoms with Crippen LogP contribution < -0.4 is 0 Å².